The first kappa shape index (κ1) is 32.0. The highest BCUT2D eigenvalue weighted by atomic mass is 32.2. The van der Waals surface area contributed by atoms with Crippen LogP contribution in [0.15, 0.2) is 107 Å². The van der Waals surface area contributed by atoms with E-state index in [-0.39, 0.29) is 23.7 Å². The Kier molecular flexibility index (Phi) is 9.65. The van der Waals surface area contributed by atoms with Gasteiger partial charge in [-0.1, -0.05) is 59.7 Å². The van der Waals surface area contributed by atoms with Crippen LogP contribution in [0.25, 0.3) is 0 Å². The topological polar surface area (TPSA) is 74.8 Å². The largest absolute Gasteiger partial charge is 0.243 e. The molecule has 4 aromatic carbocycles. The van der Waals surface area contributed by atoms with Crippen LogP contribution in [0, 0.1) is 25.5 Å². The molecule has 232 valence electrons. The number of halogens is 2. The summed E-state index contributed by atoms with van der Waals surface area (Å²) in [6.07, 6.45) is 3.15. The summed E-state index contributed by atoms with van der Waals surface area (Å²) < 4.78 is 80.6. The fraction of sp³-hybridized carbons (Fsp3) is 0.294. The Labute approximate surface area is 259 Å². The maximum atomic E-state index is 13.1. The van der Waals surface area contributed by atoms with E-state index in [4.69, 9.17) is 0 Å². The van der Waals surface area contributed by atoms with Crippen molar-refractivity contribution in [3.8, 4) is 0 Å². The molecular weight excluding hydrogens is 603 g/mol. The minimum absolute atomic E-state index is 0.216. The lowest BCUT2D eigenvalue weighted by Gasteiger charge is -2.24. The van der Waals surface area contributed by atoms with Gasteiger partial charge in [-0.15, -0.1) is 0 Å². The van der Waals surface area contributed by atoms with Crippen LogP contribution in [0.2, 0.25) is 0 Å². The first-order chi connectivity index (χ1) is 21.0. The molecule has 6 nitrogen and oxygen atoms in total. The third-order valence-corrected chi connectivity index (χ3v) is 12.0. The van der Waals surface area contributed by atoms with Crippen LogP contribution in [-0.2, 0) is 20.0 Å². The van der Waals surface area contributed by atoms with E-state index in [0.29, 0.717) is 22.9 Å². The number of nitrogens with zero attached hydrogens (tertiary/aromatic N) is 2. The van der Waals surface area contributed by atoms with Crippen molar-refractivity contribution in [1.82, 2.24) is 8.61 Å². The molecule has 0 amide bonds. The molecule has 2 fully saturated rings. The van der Waals surface area contributed by atoms with Crippen LogP contribution in [0.3, 0.4) is 0 Å². The van der Waals surface area contributed by atoms with E-state index in [0.717, 1.165) is 47.9 Å². The SMILES string of the molecule is Cc1ccc(S(=O)(=O)N2CCC[C@H]2c2ccc(F)cc2)cc1.Cc1ccc(S(=O)(=O)N2CCC[C@H]2c2ccc(F)cc2)cc1. The molecule has 0 aliphatic carbocycles. The maximum absolute atomic E-state index is 13.1. The quantitative estimate of drug-likeness (QED) is 0.222. The van der Waals surface area contributed by atoms with Crippen LogP contribution in [-0.4, -0.2) is 38.5 Å². The first-order valence-corrected chi connectivity index (χ1v) is 17.5. The Bertz CT molecular complexity index is 1640. The highest BCUT2D eigenvalue weighted by Crippen LogP contribution is 2.38. The van der Waals surface area contributed by atoms with Gasteiger partial charge in [0.05, 0.1) is 21.9 Å². The number of hydrogen-bond acceptors (Lipinski definition) is 4. The van der Waals surface area contributed by atoms with Crippen molar-refractivity contribution in [2.75, 3.05) is 13.1 Å². The lowest BCUT2D eigenvalue weighted by molar-refractivity contribution is 0.396. The Morgan fingerprint density at radius 1 is 0.523 bits per heavy atom. The molecule has 0 N–H and O–H groups in total. The highest BCUT2D eigenvalue weighted by molar-refractivity contribution is 7.89. The molecule has 0 saturated carbocycles. The van der Waals surface area contributed by atoms with Gasteiger partial charge in [-0.25, -0.2) is 25.6 Å². The number of hydrogen-bond donors (Lipinski definition) is 0. The van der Waals surface area contributed by atoms with Crippen molar-refractivity contribution in [3.63, 3.8) is 0 Å². The fourth-order valence-corrected chi connectivity index (χ4v) is 9.15. The molecule has 0 unspecified atom stereocenters. The van der Waals surface area contributed by atoms with Crippen LogP contribution in [0.4, 0.5) is 8.78 Å². The molecule has 0 aromatic heterocycles. The minimum atomic E-state index is -3.52. The summed E-state index contributed by atoms with van der Waals surface area (Å²) >= 11 is 0. The van der Waals surface area contributed by atoms with Crippen LogP contribution >= 0.6 is 0 Å². The molecular formula is C34H36F2N2O4S2. The zero-order valence-corrected chi connectivity index (χ0v) is 26.4. The van der Waals surface area contributed by atoms with Crippen molar-refractivity contribution in [2.45, 2.75) is 61.4 Å². The van der Waals surface area contributed by atoms with E-state index in [1.807, 2.05) is 13.8 Å². The van der Waals surface area contributed by atoms with Crippen molar-refractivity contribution in [1.29, 1.82) is 0 Å². The van der Waals surface area contributed by atoms with Gasteiger partial charge in [0.25, 0.3) is 0 Å². The number of rotatable bonds is 6. The van der Waals surface area contributed by atoms with E-state index >= 15 is 0 Å². The minimum Gasteiger partial charge on any atom is -0.207 e. The molecule has 0 spiro atoms. The van der Waals surface area contributed by atoms with Crippen LogP contribution in [0.1, 0.15) is 60.0 Å². The standard InChI is InChI=1S/2C17H18FNO2S/c2*1-13-4-10-16(11-5-13)22(20,21)19-12-2-3-17(19)14-6-8-15(18)9-7-14/h2*4-11,17H,2-3,12H2,1H3/t2*17-/m00/s1. The summed E-state index contributed by atoms with van der Waals surface area (Å²) in [6.45, 7) is 4.84. The Hall–Kier alpha value is -3.44. The van der Waals surface area contributed by atoms with Gasteiger partial charge in [0.1, 0.15) is 11.6 Å². The molecule has 2 aliphatic heterocycles. The fourth-order valence-electron chi connectivity index (χ4n) is 5.78. The average molecular weight is 639 g/mol. The molecule has 6 rings (SSSR count). The summed E-state index contributed by atoms with van der Waals surface area (Å²) in [5.41, 5.74) is 3.73. The summed E-state index contributed by atoms with van der Waals surface area (Å²) in [7, 11) is -7.05. The Balaban J connectivity index is 0.000000175. The highest BCUT2D eigenvalue weighted by Gasteiger charge is 2.37. The Morgan fingerprint density at radius 3 is 1.16 bits per heavy atom. The van der Waals surface area contributed by atoms with Gasteiger partial charge in [0.15, 0.2) is 0 Å². The average Bonchev–Trinajstić information content (AvgIpc) is 3.71. The van der Waals surface area contributed by atoms with Gasteiger partial charge in [-0.2, -0.15) is 8.61 Å². The molecule has 2 atom stereocenters. The van der Waals surface area contributed by atoms with Crippen LogP contribution in [0.5, 0.6) is 0 Å². The lowest BCUT2D eigenvalue weighted by atomic mass is 10.1. The zero-order chi connectivity index (χ0) is 31.5. The predicted octanol–water partition coefficient (Wildman–Crippen LogP) is 7.32. The van der Waals surface area contributed by atoms with E-state index < -0.39 is 20.0 Å². The van der Waals surface area contributed by atoms with Gasteiger partial charge < -0.3 is 0 Å². The molecule has 4 aromatic rings. The molecule has 2 aliphatic rings. The summed E-state index contributed by atoms with van der Waals surface area (Å²) in [5.74, 6) is -0.621. The van der Waals surface area contributed by atoms with Gasteiger partial charge in [-0.05, 0) is 99.2 Å². The first-order valence-electron chi connectivity index (χ1n) is 14.6. The predicted molar refractivity (Wildman–Crippen MR) is 167 cm³/mol. The lowest BCUT2D eigenvalue weighted by Crippen LogP contribution is -2.30. The smallest absolute Gasteiger partial charge is 0.207 e. The molecule has 2 heterocycles. The van der Waals surface area contributed by atoms with E-state index in [2.05, 4.69) is 0 Å². The van der Waals surface area contributed by atoms with Gasteiger partial charge in [0, 0.05) is 13.1 Å². The monoisotopic (exact) mass is 638 g/mol. The second-order valence-corrected chi connectivity index (χ2v) is 15.1. The molecule has 10 heteroatoms. The van der Waals surface area contributed by atoms with E-state index in [1.54, 1.807) is 72.8 Å². The van der Waals surface area contributed by atoms with Crippen LogP contribution < -0.4 is 0 Å². The second-order valence-electron chi connectivity index (χ2n) is 11.3. The number of sulfonamides is 2. The van der Waals surface area contributed by atoms with Gasteiger partial charge >= 0.3 is 0 Å². The van der Waals surface area contributed by atoms with Gasteiger partial charge in [-0.3, -0.25) is 0 Å². The summed E-state index contributed by atoms with van der Waals surface area (Å²) in [6, 6.07) is 25.5. The van der Waals surface area contributed by atoms with Crippen molar-refractivity contribution >= 4 is 20.0 Å². The van der Waals surface area contributed by atoms with Crippen molar-refractivity contribution in [3.05, 3.63) is 131 Å². The third-order valence-electron chi connectivity index (χ3n) is 8.17. The molecule has 0 radical (unpaired) electrons. The summed E-state index contributed by atoms with van der Waals surface area (Å²) in [4.78, 5) is 0.624. The normalized spacial score (nSPS) is 19.5. The molecule has 44 heavy (non-hydrogen) atoms. The summed E-state index contributed by atoms with van der Waals surface area (Å²) in [5, 5.41) is 0. The van der Waals surface area contributed by atoms with E-state index in [1.165, 1.54) is 32.9 Å². The third kappa shape index (κ3) is 6.94. The number of aryl methyl sites for hydroxylation is 2. The zero-order valence-electron chi connectivity index (χ0n) is 24.7. The van der Waals surface area contributed by atoms with E-state index in [9.17, 15) is 25.6 Å². The van der Waals surface area contributed by atoms with Crippen molar-refractivity contribution in [2.24, 2.45) is 0 Å². The number of benzene rings is 4. The molecule has 0 bridgehead atoms. The molecule has 2 saturated heterocycles. The van der Waals surface area contributed by atoms with Gasteiger partial charge in [0.2, 0.25) is 20.0 Å². The second kappa shape index (κ2) is 13.3. The Morgan fingerprint density at radius 2 is 0.841 bits per heavy atom. The maximum Gasteiger partial charge on any atom is 0.243 e. The van der Waals surface area contributed by atoms with Crippen molar-refractivity contribution < 1.29 is 25.6 Å².